The molecule has 0 aromatic heterocycles. The zero-order valence-electron chi connectivity index (χ0n) is 9.94. The third-order valence-corrected chi connectivity index (χ3v) is 2.88. The molecule has 1 aromatic rings. The summed E-state index contributed by atoms with van der Waals surface area (Å²) >= 11 is 1.52. The fourth-order valence-electron chi connectivity index (χ4n) is 1.32. The van der Waals surface area contributed by atoms with E-state index in [0.717, 1.165) is 4.90 Å². The highest BCUT2D eigenvalue weighted by molar-refractivity contribution is 7.98. The lowest BCUT2D eigenvalue weighted by Gasteiger charge is -2.14. The van der Waals surface area contributed by atoms with E-state index in [1.165, 1.54) is 18.9 Å². The van der Waals surface area contributed by atoms with Crippen LogP contribution in [0.2, 0.25) is 0 Å². The average Bonchev–Trinajstić information content (AvgIpc) is 2.37. The first-order valence-electron chi connectivity index (χ1n) is 4.87. The average molecular weight is 257 g/mol. The van der Waals surface area contributed by atoms with Gasteiger partial charge in [0, 0.05) is 6.07 Å². The first kappa shape index (κ1) is 13.7. The van der Waals surface area contributed by atoms with Crippen LogP contribution in [0.1, 0.15) is 0 Å². The van der Waals surface area contributed by atoms with Gasteiger partial charge in [-0.25, -0.2) is 0 Å². The molecule has 0 heterocycles. The second kappa shape index (κ2) is 6.36. The third kappa shape index (κ3) is 3.28. The summed E-state index contributed by atoms with van der Waals surface area (Å²) in [6.45, 7) is -0.574. The molecule has 17 heavy (non-hydrogen) atoms. The van der Waals surface area contributed by atoms with Crippen molar-refractivity contribution in [1.29, 1.82) is 0 Å². The van der Waals surface area contributed by atoms with E-state index >= 15 is 0 Å². The van der Waals surface area contributed by atoms with Gasteiger partial charge in [-0.2, -0.15) is 0 Å². The molecule has 0 spiro atoms. The molecule has 0 saturated carbocycles. The van der Waals surface area contributed by atoms with Crippen molar-refractivity contribution < 1.29 is 19.4 Å². The van der Waals surface area contributed by atoms with Crippen LogP contribution in [-0.2, 0) is 4.79 Å². The lowest BCUT2D eigenvalue weighted by Crippen LogP contribution is -2.16. The van der Waals surface area contributed by atoms with Crippen LogP contribution in [0.15, 0.2) is 17.0 Å². The Bertz CT molecular complexity index is 409. The summed E-state index contributed by atoms with van der Waals surface area (Å²) < 4.78 is 10.4. The van der Waals surface area contributed by atoms with Crippen molar-refractivity contribution >= 4 is 23.4 Å². The fourth-order valence-corrected chi connectivity index (χ4v) is 1.88. The Kier molecular flexibility index (Phi) is 5.11. The molecule has 1 aromatic carbocycles. The zero-order valence-corrected chi connectivity index (χ0v) is 10.8. The van der Waals surface area contributed by atoms with Crippen LogP contribution >= 0.6 is 11.8 Å². The Morgan fingerprint density at radius 2 is 2.00 bits per heavy atom. The number of anilines is 1. The number of carbonyl (C=O) groups is 1. The molecule has 1 rings (SSSR count). The number of aliphatic hydroxyl groups excluding tert-OH is 1. The standard InChI is InChI=1S/C11H15NO4S/c1-15-8-5-10(17-3)9(16-2)4-7(8)12-11(14)6-13/h4-5,13H,6H2,1-3H3,(H,12,14). The maximum Gasteiger partial charge on any atom is 0.250 e. The van der Waals surface area contributed by atoms with E-state index in [2.05, 4.69) is 5.32 Å². The highest BCUT2D eigenvalue weighted by Gasteiger charge is 2.12. The highest BCUT2D eigenvalue weighted by atomic mass is 32.2. The number of hydrogen-bond acceptors (Lipinski definition) is 5. The van der Waals surface area contributed by atoms with Crippen LogP contribution in [0.3, 0.4) is 0 Å². The topological polar surface area (TPSA) is 67.8 Å². The minimum atomic E-state index is -0.574. The van der Waals surface area contributed by atoms with Gasteiger partial charge >= 0.3 is 0 Å². The molecule has 1 amide bonds. The number of ether oxygens (including phenoxy) is 2. The molecule has 0 aliphatic carbocycles. The van der Waals surface area contributed by atoms with E-state index in [1.54, 1.807) is 19.2 Å². The van der Waals surface area contributed by atoms with Crippen molar-refractivity contribution in [3.63, 3.8) is 0 Å². The van der Waals surface area contributed by atoms with Gasteiger partial charge in [-0.1, -0.05) is 0 Å². The van der Waals surface area contributed by atoms with Crippen LogP contribution in [0, 0.1) is 0 Å². The van der Waals surface area contributed by atoms with E-state index in [0.29, 0.717) is 17.2 Å². The van der Waals surface area contributed by atoms with Crippen molar-refractivity contribution in [2.24, 2.45) is 0 Å². The van der Waals surface area contributed by atoms with E-state index in [4.69, 9.17) is 14.6 Å². The van der Waals surface area contributed by atoms with Gasteiger partial charge in [0.25, 0.3) is 0 Å². The normalized spacial score (nSPS) is 9.88. The summed E-state index contributed by atoms with van der Waals surface area (Å²) in [5.74, 6) is 0.672. The van der Waals surface area contributed by atoms with E-state index in [9.17, 15) is 4.79 Å². The molecular weight excluding hydrogens is 242 g/mol. The quantitative estimate of drug-likeness (QED) is 0.779. The second-order valence-electron chi connectivity index (χ2n) is 3.11. The van der Waals surface area contributed by atoms with Crippen molar-refractivity contribution in [2.45, 2.75) is 4.90 Å². The lowest BCUT2D eigenvalue weighted by molar-refractivity contribution is -0.118. The Morgan fingerprint density at radius 3 is 2.47 bits per heavy atom. The Morgan fingerprint density at radius 1 is 1.35 bits per heavy atom. The summed E-state index contributed by atoms with van der Waals surface area (Å²) in [5, 5.41) is 11.2. The largest absolute Gasteiger partial charge is 0.496 e. The Hall–Kier alpha value is -1.40. The smallest absolute Gasteiger partial charge is 0.250 e. The summed E-state index contributed by atoms with van der Waals surface area (Å²) in [5.41, 5.74) is 0.473. The fraction of sp³-hybridized carbons (Fsp3) is 0.364. The number of thioether (sulfide) groups is 1. The molecular formula is C11H15NO4S. The second-order valence-corrected chi connectivity index (χ2v) is 3.96. The number of hydrogen-bond donors (Lipinski definition) is 2. The van der Waals surface area contributed by atoms with Crippen molar-refractivity contribution in [2.75, 3.05) is 32.4 Å². The van der Waals surface area contributed by atoms with Gasteiger partial charge in [-0.3, -0.25) is 4.79 Å². The molecule has 0 radical (unpaired) electrons. The number of benzene rings is 1. The molecule has 0 saturated heterocycles. The zero-order chi connectivity index (χ0) is 12.8. The maximum absolute atomic E-state index is 11.1. The summed E-state index contributed by atoms with van der Waals surface area (Å²) in [6.07, 6.45) is 1.92. The highest BCUT2D eigenvalue weighted by Crippen LogP contribution is 2.37. The van der Waals surface area contributed by atoms with Crippen molar-refractivity contribution in [3.8, 4) is 11.5 Å². The Balaban J connectivity index is 3.14. The number of aliphatic hydroxyl groups is 1. The van der Waals surface area contributed by atoms with Crippen LogP contribution in [0.25, 0.3) is 0 Å². The predicted octanol–water partition coefficient (Wildman–Crippen LogP) is 1.36. The molecule has 5 nitrogen and oxygen atoms in total. The number of nitrogens with one attached hydrogen (secondary N) is 1. The van der Waals surface area contributed by atoms with Gasteiger partial charge in [0.15, 0.2) is 0 Å². The lowest BCUT2D eigenvalue weighted by atomic mass is 10.2. The molecule has 0 aliphatic heterocycles. The van der Waals surface area contributed by atoms with Crippen LogP contribution in [0.4, 0.5) is 5.69 Å². The van der Waals surface area contributed by atoms with Crippen molar-refractivity contribution in [1.82, 2.24) is 0 Å². The molecule has 6 heteroatoms. The van der Waals surface area contributed by atoms with Gasteiger partial charge in [-0.15, -0.1) is 11.8 Å². The van der Waals surface area contributed by atoms with Crippen LogP contribution in [0.5, 0.6) is 11.5 Å². The van der Waals surface area contributed by atoms with E-state index in [-0.39, 0.29) is 0 Å². The molecule has 0 aliphatic rings. The van der Waals surface area contributed by atoms with Crippen LogP contribution in [-0.4, -0.2) is 38.1 Å². The van der Waals surface area contributed by atoms with Gasteiger partial charge in [0.05, 0.1) is 24.8 Å². The minimum Gasteiger partial charge on any atom is -0.496 e. The monoisotopic (exact) mass is 257 g/mol. The summed E-state index contributed by atoms with van der Waals surface area (Å²) in [4.78, 5) is 12.0. The van der Waals surface area contributed by atoms with Crippen LogP contribution < -0.4 is 14.8 Å². The first-order valence-corrected chi connectivity index (χ1v) is 6.09. The summed E-state index contributed by atoms with van der Waals surface area (Å²) in [7, 11) is 3.07. The molecule has 0 unspecified atom stereocenters. The van der Waals surface area contributed by atoms with Gasteiger partial charge < -0.3 is 19.9 Å². The number of rotatable bonds is 5. The molecule has 94 valence electrons. The van der Waals surface area contributed by atoms with Gasteiger partial charge in [-0.05, 0) is 12.3 Å². The molecule has 0 atom stereocenters. The number of amides is 1. The van der Waals surface area contributed by atoms with Gasteiger partial charge in [0.2, 0.25) is 5.91 Å². The predicted molar refractivity (Wildman–Crippen MR) is 67.0 cm³/mol. The SMILES string of the molecule is COc1cc(SC)c(OC)cc1NC(=O)CO. The Labute approximate surface area is 104 Å². The van der Waals surface area contributed by atoms with E-state index < -0.39 is 12.5 Å². The summed E-state index contributed by atoms with van der Waals surface area (Å²) in [6, 6.07) is 3.44. The first-order chi connectivity index (χ1) is 8.15. The molecule has 0 bridgehead atoms. The van der Waals surface area contributed by atoms with E-state index in [1.807, 2.05) is 6.26 Å². The molecule has 0 fully saturated rings. The minimum absolute atomic E-state index is 0.473. The molecule has 2 N–H and O–H groups in total. The van der Waals surface area contributed by atoms with Crippen molar-refractivity contribution in [3.05, 3.63) is 12.1 Å². The number of methoxy groups -OCH3 is 2. The maximum atomic E-state index is 11.1. The van der Waals surface area contributed by atoms with Gasteiger partial charge in [0.1, 0.15) is 18.1 Å². The third-order valence-electron chi connectivity index (χ3n) is 2.12. The number of carbonyl (C=O) groups excluding carboxylic acids is 1.